The van der Waals surface area contributed by atoms with Gasteiger partial charge in [-0.15, -0.1) is 0 Å². The molecule has 0 aliphatic heterocycles. The van der Waals surface area contributed by atoms with E-state index in [0.29, 0.717) is 13.0 Å². The normalized spacial score (nSPS) is 13.3. The Morgan fingerprint density at radius 1 is 1.31 bits per heavy atom. The quantitative estimate of drug-likeness (QED) is 0.733. The molecule has 4 nitrogen and oxygen atoms in total. The van der Waals surface area contributed by atoms with Crippen molar-refractivity contribution in [1.82, 2.24) is 4.90 Å². The average Bonchev–Trinajstić information content (AvgIpc) is 2.13. The van der Waals surface area contributed by atoms with E-state index in [2.05, 4.69) is 20.8 Å². The van der Waals surface area contributed by atoms with Crippen molar-refractivity contribution in [3.63, 3.8) is 0 Å². The number of carbonyl (C=O) groups excluding carboxylic acids is 1. The van der Waals surface area contributed by atoms with Crippen molar-refractivity contribution < 1.29 is 14.7 Å². The Balaban J connectivity index is 4.32. The molecule has 0 radical (unpaired) electrons. The molecule has 1 unspecified atom stereocenters. The molecule has 0 aromatic carbocycles. The monoisotopic (exact) mass is 229 g/mol. The van der Waals surface area contributed by atoms with Gasteiger partial charge in [0.05, 0.1) is 0 Å². The smallest absolute Gasteiger partial charge is 0.316 e. The van der Waals surface area contributed by atoms with Crippen LogP contribution in [-0.4, -0.2) is 35.5 Å². The predicted octanol–water partition coefficient (Wildman–Crippen LogP) is 1.99. The summed E-state index contributed by atoms with van der Waals surface area (Å²) in [6.07, 6.45) is 1.21. The van der Waals surface area contributed by atoms with Crippen molar-refractivity contribution >= 4 is 11.9 Å². The van der Waals surface area contributed by atoms with Crippen LogP contribution in [0.15, 0.2) is 0 Å². The molecule has 0 aromatic rings. The molecule has 0 rings (SSSR count). The third-order valence-corrected chi connectivity index (χ3v) is 2.58. The second-order valence-electron chi connectivity index (χ2n) is 5.37. The Labute approximate surface area is 97.6 Å². The van der Waals surface area contributed by atoms with Gasteiger partial charge in [-0.25, -0.2) is 0 Å². The van der Waals surface area contributed by atoms with Crippen molar-refractivity contribution in [1.29, 1.82) is 0 Å². The molecule has 0 saturated carbocycles. The molecule has 0 heterocycles. The number of rotatable bonds is 5. The van der Waals surface area contributed by atoms with E-state index < -0.39 is 11.9 Å². The molecule has 0 fully saturated rings. The zero-order chi connectivity index (χ0) is 12.9. The summed E-state index contributed by atoms with van der Waals surface area (Å²) in [6.45, 7) is 8.61. The fourth-order valence-electron chi connectivity index (χ4n) is 1.33. The van der Waals surface area contributed by atoms with Crippen LogP contribution >= 0.6 is 0 Å². The summed E-state index contributed by atoms with van der Waals surface area (Å²) in [4.78, 5) is 24.1. The van der Waals surface area contributed by atoms with Gasteiger partial charge in [0, 0.05) is 13.6 Å². The highest BCUT2D eigenvalue weighted by atomic mass is 16.4. The lowest BCUT2D eigenvalue weighted by Gasteiger charge is -2.25. The number of amides is 1. The van der Waals surface area contributed by atoms with Crippen LogP contribution in [0, 0.1) is 11.3 Å². The van der Waals surface area contributed by atoms with Crippen LogP contribution in [-0.2, 0) is 9.59 Å². The Kier molecular flexibility index (Phi) is 5.48. The van der Waals surface area contributed by atoms with Crippen LogP contribution in [0.25, 0.3) is 0 Å². The molecule has 94 valence electrons. The average molecular weight is 229 g/mol. The van der Waals surface area contributed by atoms with E-state index in [1.165, 1.54) is 4.90 Å². The third-order valence-electron chi connectivity index (χ3n) is 2.58. The molecule has 0 bridgehead atoms. The molecule has 0 saturated heterocycles. The van der Waals surface area contributed by atoms with Crippen LogP contribution in [0.2, 0.25) is 0 Å². The Morgan fingerprint density at radius 3 is 2.12 bits per heavy atom. The van der Waals surface area contributed by atoms with E-state index in [4.69, 9.17) is 5.11 Å². The minimum atomic E-state index is -1.03. The Bertz CT molecular complexity index is 255. The lowest BCUT2D eigenvalue weighted by atomic mass is 9.92. The highest BCUT2D eigenvalue weighted by molar-refractivity contribution is 5.96. The summed E-state index contributed by atoms with van der Waals surface area (Å²) in [7, 11) is 1.67. The molecule has 4 heteroatoms. The lowest BCUT2D eigenvalue weighted by Crippen LogP contribution is -2.38. The highest BCUT2D eigenvalue weighted by Gasteiger charge is 2.27. The number of nitrogens with zero attached hydrogens (tertiary/aromatic N) is 1. The summed E-state index contributed by atoms with van der Waals surface area (Å²) < 4.78 is 0. The van der Waals surface area contributed by atoms with Crippen molar-refractivity contribution in [2.45, 2.75) is 40.5 Å². The van der Waals surface area contributed by atoms with Gasteiger partial charge < -0.3 is 10.0 Å². The molecular formula is C12H23NO3. The predicted molar refractivity (Wildman–Crippen MR) is 63.1 cm³/mol. The molecule has 0 spiro atoms. The molecule has 0 aromatic heterocycles. The molecular weight excluding hydrogens is 206 g/mol. The largest absolute Gasteiger partial charge is 0.481 e. The molecule has 16 heavy (non-hydrogen) atoms. The highest BCUT2D eigenvalue weighted by Crippen LogP contribution is 2.19. The second-order valence-corrected chi connectivity index (χ2v) is 5.37. The van der Waals surface area contributed by atoms with E-state index >= 15 is 0 Å². The molecule has 0 aliphatic carbocycles. The summed E-state index contributed by atoms with van der Waals surface area (Å²) in [5.74, 6) is -2.22. The van der Waals surface area contributed by atoms with E-state index in [1.807, 2.05) is 0 Å². The molecule has 0 aliphatic rings. The number of hydrogen-bond acceptors (Lipinski definition) is 2. The Morgan fingerprint density at radius 2 is 1.81 bits per heavy atom. The van der Waals surface area contributed by atoms with E-state index in [-0.39, 0.29) is 11.3 Å². The van der Waals surface area contributed by atoms with Gasteiger partial charge in [0.15, 0.2) is 0 Å². The topological polar surface area (TPSA) is 57.6 Å². The maximum absolute atomic E-state index is 11.8. The van der Waals surface area contributed by atoms with Crippen molar-refractivity contribution in [3.05, 3.63) is 0 Å². The van der Waals surface area contributed by atoms with Crippen molar-refractivity contribution in [3.8, 4) is 0 Å². The van der Waals surface area contributed by atoms with Gasteiger partial charge in [0.25, 0.3) is 0 Å². The van der Waals surface area contributed by atoms with Crippen LogP contribution in [0.1, 0.15) is 40.5 Å². The van der Waals surface area contributed by atoms with Crippen LogP contribution in [0.4, 0.5) is 0 Å². The van der Waals surface area contributed by atoms with Crippen LogP contribution in [0.5, 0.6) is 0 Å². The summed E-state index contributed by atoms with van der Waals surface area (Å²) in [5.41, 5.74) is 0.152. The fraction of sp³-hybridized carbons (Fsp3) is 0.833. The lowest BCUT2D eigenvalue weighted by molar-refractivity contribution is -0.150. The summed E-state index contributed by atoms with van der Waals surface area (Å²) in [6, 6.07) is 0. The molecule has 1 N–H and O–H groups in total. The van der Waals surface area contributed by atoms with E-state index in [9.17, 15) is 9.59 Å². The number of carboxylic acid groups (broad SMARTS) is 1. The van der Waals surface area contributed by atoms with Crippen LogP contribution < -0.4 is 0 Å². The van der Waals surface area contributed by atoms with Gasteiger partial charge in [0.1, 0.15) is 5.92 Å². The maximum atomic E-state index is 11.8. The van der Waals surface area contributed by atoms with Gasteiger partial charge in [0.2, 0.25) is 5.91 Å². The maximum Gasteiger partial charge on any atom is 0.316 e. The SMILES string of the molecule is CCC(C(=O)O)C(=O)N(C)CCC(C)(C)C. The van der Waals surface area contributed by atoms with Gasteiger partial charge in [-0.1, -0.05) is 27.7 Å². The van der Waals surface area contributed by atoms with Gasteiger partial charge >= 0.3 is 5.97 Å². The molecule has 1 amide bonds. The van der Waals surface area contributed by atoms with Crippen molar-refractivity contribution in [2.24, 2.45) is 11.3 Å². The first-order chi connectivity index (χ1) is 7.19. The summed E-state index contributed by atoms with van der Waals surface area (Å²) in [5, 5.41) is 8.87. The fourth-order valence-corrected chi connectivity index (χ4v) is 1.33. The van der Waals surface area contributed by atoms with E-state index in [1.54, 1.807) is 14.0 Å². The number of carboxylic acids is 1. The summed E-state index contributed by atoms with van der Waals surface area (Å²) >= 11 is 0. The minimum absolute atomic E-state index is 0.152. The van der Waals surface area contributed by atoms with Gasteiger partial charge in [-0.2, -0.15) is 0 Å². The number of aliphatic carboxylic acids is 1. The van der Waals surface area contributed by atoms with E-state index in [0.717, 1.165) is 6.42 Å². The first-order valence-electron chi connectivity index (χ1n) is 5.67. The first-order valence-corrected chi connectivity index (χ1v) is 5.67. The third kappa shape index (κ3) is 5.14. The van der Waals surface area contributed by atoms with Gasteiger partial charge in [-0.05, 0) is 18.3 Å². The first kappa shape index (κ1) is 14.9. The van der Waals surface area contributed by atoms with Crippen LogP contribution in [0.3, 0.4) is 0 Å². The second kappa shape index (κ2) is 5.87. The van der Waals surface area contributed by atoms with Crippen molar-refractivity contribution in [2.75, 3.05) is 13.6 Å². The number of carbonyl (C=O) groups is 2. The zero-order valence-corrected chi connectivity index (χ0v) is 10.9. The zero-order valence-electron chi connectivity index (χ0n) is 10.9. The standard InChI is InChI=1S/C12H23NO3/c1-6-9(11(15)16)10(14)13(5)8-7-12(2,3)4/h9H,6-8H2,1-5H3,(H,15,16). The minimum Gasteiger partial charge on any atom is -0.481 e. The van der Waals surface area contributed by atoms with Gasteiger partial charge in [-0.3, -0.25) is 9.59 Å². The number of hydrogen-bond donors (Lipinski definition) is 1. The Hall–Kier alpha value is -1.06. The molecule has 1 atom stereocenters.